The zero-order valence-electron chi connectivity index (χ0n) is 63.3. The van der Waals surface area contributed by atoms with Crippen molar-refractivity contribution in [1.29, 1.82) is 0 Å². The van der Waals surface area contributed by atoms with Crippen molar-refractivity contribution < 1.29 is 66.2 Å². The zero-order valence-corrected chi connectivity index (χ0v) is 65.0. The van der Waals surface area contributed by atoms with Crippen molar-refractivity contribution in [2.75, 3.05) is 93.4 Å². The molecule has 11 rings (SSSR count). The molecule has 7 aromatic rings. The van der Waals surface area contributed by atoms with Gasteiger partial charge in [-0.05, 0) is 129 Å². The molecule has 111 heavy (non-hydrogen) atoms. The third kappa shape index (κ3) is 21.5. The predicted octanol–water partition coefficient (Wildman–Crippen LogP) is 6.71. The van der Waals surface area contributed by atoms with Crippen molar-refractivity contribution in [2.24, 2.45) is 23.5 Å². The van der Waals surface area contributed by atoms with Crippen LogP contribution < -0.4 is 46.9 Å². The number of unbranched alkanes of at least 4 members (excludes halogenated alkanes) is 1. The third-order valence-electron chi connectivity index (χ3n) is 20.3. The number of thiazole rings is 1. The number of sulfone groups is 1. The van der Waals surface area contributed by atoms with Gasteiger partial charge < -0.3 is 66.3 Å². The van der Waals surface area contributed by atoms with Gasteiger partial charge in [-0.1, -0.05) is 88.1 Å². The Balaban J connectivity index is 0.650. The number of nitrogens with zero attached hydrogens (tertiary/aromatic N) is 11. The second-order valence-electron chi connectivity index (χ2n) is 29.3. The van der Waals surface area contributed by atoms with Crippen LogP contribution >= 0.6 is 11.3 Å². The molecule has 8 heterocycles. The molecule has 3 aromatic carbocycles. The van der Waals surface area contributed by atoms with Gasteiger partial charge in [0.25, 0.3) is 5.88 Å². The molecule has 0 aliphatic carbocycles. The second kappa shape index (κ2) is 37.4. The van der Waals surface area contributed by atoms with E-state index >= 15 is 0 Å². The number of fused-ring (bicyclic) bond motifs is 3. The van der Waals surface area contributed by atoms with Crippen LogP contribution in [0.5, 0.6) is 11.6 Å². The standard InChI is InChI=1S/C78H97N17O14S2/c1-47(2)68(75(102)94-44-58(96)36-63(94)73(100)84-49(5)54-21-23-55(24-22-54)70-50(6)83-46-110-70)65-38-67(90-109-65)107-35-34-91-30-27-51(28-31-91)41-92-32-33-93-57(42-92)43-95(71-62(93)37-61(88-89-71)59-15-11-12-17-64(59)97)78(104)108-45-52-19-25-56(26-20-52)85-72(99)60(16-13-29-80-76(79)103)86-74(101)69(48(3)4)87-66(98)18-10-8-9-14-53-39-81-77(82-40-53)111(7,105)106/h11-12,15,17,19-26,37-40,46-49,51,57-58,60,63,68-69,96-97H,8,10,13,16,18,27-36,41-45H2,1-7H3,(H,84,100)(H,85,99)(H,86,101)(H,87,98)(H3,79,80,103)/t49-,57+,58+,60-,63-,68+,69-/m0/s1. The Labute approximate surface area is 649 Å². The van der Waals surface area contributed by atoms with E-state index in [4.69, 9.17) is 19.7 Å². The number of phenols is 1. The lowest BCUT2D eigenvalue weighted by Crippen LogP contribution is -2.61. The number of benzene rings is 3. The fourth-order valence-corrected chi connectivity index (χ4v) is 15.6. The molecule has 590 valence electrons. The van der Waals surface area contributed by atoms with Crippen LogP contribution in [0.4, 0.5) is 26.8 Å². The number of nitrogens with one attached hydrogen (secondary N) is 5. The normalized spacial score (nSPS) is 17.8. The third-order valence-corrected chi connectivity index (χ3v) is 22.2. The number of carbonyl (C=O) groups excluding carboxylic acids is 7. The number of aliphatic hydroxyl groups is 1. The number of aromatic hydroxyl groups is 1. The number of hydrogen-bond acceptors (Lipinski definition) is 24. The quantitative estimate of drug-likeness (QED) is 0.0132. The maximum atomic E-state index is 14.4. The molecule has 8 amide bonds. The molecule has 4 aliphatic heterocycles. The monoisotopic (exact) mass is 1560 g/mol. The van der Waals surface area contributed by atoms with Crippen molar-refractivity contribution in [1.82, 2.24) is 66.3 Å². The number of phenolic OH excluding ortho intramolecular Hbond substituents is 1. The van der Waals surface area contributed by atoms with Gasteiger partial charge in [0, 0.05) is 101 Å². The van der Waals surface area contributed by atoms with Crippen molar-refractivity contribution in [3.05, 3.63) is 131 Å². The number of urea groups is 1. The van der Waals surface area contributed by atoms with Gasteiger partial charge in [-0.2, -0.15) is 0 Å². The molecule has 33 heteroatoms. The van der Waals surface area contributed by atoms with Crippen LogP contribution in [0.2, 0.25) is 0 Å². The van der Waals surface area contributed by atoms with Gasteiger partial charge >= 0.3 is 12.1 Å². The highest BCUT2D eigenvalue weighted by molar-refractivity contribution is 7.90. The van der Waals surface area contributed by atoms with E-state index < -0.39 is 69.8 Å². The van der Waals surface area contributed by atoms with Gasteiger partial charge in [0.15, 0.2) is 11.6 Å². The van der Waals surface area contributed by atoms with Gasteiger partial charge in [-0.25, -0.2) is 33.0 Å². The maximum absolute atomic E-state index is 14.4. The Kier molecular flexibility index (Phi) is 27.4. The van der Waals surface area contributed by atoms with Gasteiger partial charge in [0.05, 0.1) is 57.8 Å². The van der Waals surface area contributed by atoms with Gasteiger partial charge in [0.2, 0.25) is 44.5 Å². The molecule has 0 bridgehead atoms. The number of likely N-dealkylation sites (tertiary alicyclic amines) is 2. The highest BCUT2D eigenvalue weighted by Gasteiger charge is 2.45. The summed E-state index contributed by atoms with van der Waals surface area (Å²) in [4.78, 5) is 118. The summed E-state index contributed by atoms with van der Waals surface area (Å²) in [5, 5.41) is 48.7. The molecule has 0 saturated carbocycles. The maximum Gasteiger partial charge on any atom is 0.415 e. The lowest BCUT2D eigenvalue weighted by molar-refractivity contribution is -0.141. The molecular formula is C78H97N17O14S2. The Hall–Kier alpha value is -10.7. The number of anilines is 3. The van der Waals surface area contributed by atoms with Crippen LogP contribution in [0.15, 0.2) is 113 Å². The van der Waals surface area contributed by atoms with E-state index in [9.17, 15) is 52.2 Å². The van der Waals surface area contributed by atoms with Crippen molar-refractivity contribution in [3.8, 4) is 45.2 Å². The minimum atomic E-state index is -3.57. The number of piperazine rings is 1. The number of nitrogens with two attached hydrogens (primary N) is 1. The Morgan fingerprint density at radius 2 is 1.58 bits per heavy atom. The highest BCUT2D eigenvalue weighted by atomic mass is 32.2. The Bertz CT molecular complexity index is 4600. The summed E-state index contributed by atoms with van der Waals surface area (Å²) < 4.78 is 41.3. The molecule has 9 N–H and O–H groups in total. The number of primary amides is 1. The molecule has 4 aromatic heterocycles. The van der Waals surface area contributed by atoms with Crippen molar-refractivity contribution >= 4 is 80.0 Å². The summed E-state index contributed by atoms with van der Waals surface area (Å²) in [6.45, 7) is 17.1. The van der Waals surface area contributed by atoms with Crippen LogP contribution in [-0.4, -0.2) is 214 Å². The molecule has 0 radical (unpaired) electrons. The van der Waals surface area contributed by atoms with E-state index in [1.165, 1.54) is 22.2 Å². The van der Waals surface area contributed by atoms with Crippen LogP contribution in [0, 0.1) is 36.5 Å². The van der Waals surface area contributed by atoms with Gasteiger partial charge in [0.1, 0.15) is 43.0 Å². The van der Waals surface area contributed by atoms with E-state index in [0.29, 0.717) is 90.3 Å². The van der Waals surface area contributed by atoms with E-state index in [-0.39, 0.29) is 104 Å². The number of aryl methyl sites for hydroxylation is 1. The smallest absolute Gasteiger partial charge is 0.415 e. The van der Waals surface area contributed by atoms with Crippen molar-refractivity contribution in [2.45, 2.75) is 147 Å². The molecule has 3 fully saturated rings. The summed E-state index contributed by atoms with van der Waals surface area (Å²) in [6.07, 6.45) is 5.18. The molecule has 7 atom stereocenters. The Morgan fingerprint density at radius 1 is 0.829 bits per heavy atom. The Morgan fingerprint density at radius 3 is 2.27 bits per heavy atom. The van der Waals surface area contributed by atoms with Crippen LogP contribution in [0.25, 0.3) is 21.7 Å². The molecule has 3 saturated heterocycles. The summed E-state index contributed by atoms with van der Waals surface area (Å²) in [5.74, 6) is 3.45. The van der Waals surface area contributed by atoms with E-state index in [0.717, 1.165) is 67.0 Å². The van der Waals surface area contributed by atoms with E-state index in [2.05, 4.69) is 83.4 Å². The number of hydrogen-bond donors (Lipinski definition) is 8. The van der Waals surface area contributed by atoms with Crippen molar-refractivity contribution in [3.63, 3.8) is 0 Å². The second-order valence-corrected chi connectivity index (χ2v) is 32.1. The average Bonchev–Trinajstić information content (AvgIpc) is 1.26. The number of piperidine rings is 1. The first-order valence-corrected chi connectivity index (χ1v) is 40.2. The highest BCUT2D eigenvalue weighted by Crippen LogP contribution is 2.40. The topological polar surface area (TPSA) is 405 Å². The number of para-hydroxylation sites is 1. The minimum Gasteiger partial charge on any atom is -0.507 e. The summed E-state index contributed by atoms with van der Waals surface area (Å²) in [7, 11) is -3.57. The van der Waals surface area contributed by atoms with Crippen LogP contribution in [0.3, 0.4) is 0 Å². The van der Waals surface area contributed by atoms with Gasteiger partial charge in [-0.15, -0.1) is 21.5 Å². The first-order chi connectivity index (χ1) is 53.2. The summed E-state index contributed by atoms with van der Waals surface area (Å²) in [6, 6.07) is 20.8. The number of carbonyl (C=O) groups is 7. The van der Waals surface area contributed by atoms with E-state index in [1.807, 2.05) is 63.5 Å². The summed E-state index contributed by atoms with van der Waals surface area (Å²) >= 11 is 1.57. The molecular weight excluding hydrogens is 1460 g/mol. The minimum absolute atomic E-state index is 0.0107. The molecule has 4 aliphatic rings. The van der Waals surface area contributed by atoms with Gasteiger partial charge in [-0.3, -0.25) is 38.7 Å². The number of rotatable bonds is 30. The van der Waals surface area contributed by atoms with E-state index in [1.54, 1.807) is 79.8 Å². The SMILES string of the molecule is Cc1ncsc1-c1ccc([C@H](C)NC(=O)[C@@H]2C[C@@H](O)CN2C(=O)[C@@H](c2cc(OCCN3CCC(CN4CCN5c6cc(-c7ccccc7O)nnc6N(C(=O)OCc6ccc(NC(=O)[C@H](CCCNC(N)=O)NC(=O)[C@@H](NC(=O)CCCC#Cc7cnc(S(C)(=O)=O)nc7)C(C)C)cc6)C[C@H]5C4)CC3)no2)C(C)C)cc1. The first kappa shape index (κ1) is 81.3. The fourth-order valence-electron chi connectivity index (χ4n) is 14.3. The number of amides is 8. The molecule has 31 nitrogen and oxygen atoms in total. The number of aliphatic hydroxyl groups excluding tert-OH is 1. The summed E-state index contributed by atoms with van der Waals surface area (Å²) in [5.41, 5.74) is 13.0. The number of aromatic nitrogens is 6. The predicted molar refractivity (Wildman–Crippen MR) is 414 cm³/mol. The zero-order chi connectivity index (χ0) is 79.0. The largest absolute Gasteiger partial charge is 0.507 e. The first-order valence-electron chi connectivity index (χ1n) is 37.5. The molecule has 0 spiro atoms. The number of β-amino-alcohol motifs (C(OH)–C–C–N with tert-alkyl or cyclic N) is 1. The van der Waals surface area contributed by atoms with Crippen LogP contribution in [-0.2, 0) is 45.2 Å². The molecule has 0 unspecified atom stereocenters. The lowest BCUT2D eigenvalue weighted by Gasteiger charge is -2.48. The average molecular weight is 1560 g/mol. The number of ether oxygens (including phenoxy) is 2. The fraction of sp³-hybridized carbons (Fsp3) is 0.474. The van der Waals surface area contributed by atoms with Crippen LogP contribution in [0.1, 0.15) is 126 Å². The lowest BCUT2D eigenvalue weighted by atomic mass is 9.91.